The molecule has 0 aliphatic heterocycles. The molecule has 1 unspecified atom stereocenters. The van der Waals surface area contributed by atoms with Crippen LogP contribution in [0.3, 0.4) is 0 Å². The molecule has 2 N–H and O–H groups in total. The molecule has 0 fully saturated rings. The lowest BCUT2D eigenvalue weighted by molar-refractivity contribution is -0.136. The average Bonchev–Trinajstić information content (AvgIpc) is 2.20. The lowest BCUT2D eigenvalue weighted by Crippen LogP contribution is -2.35. The van der Waals surface area contributed by atoms with E-state index in [9.17, 15) is 9.90 Å². The van der Waals surface area contributed by atoms with Crippen LogP contribution in [-0.2, 0) is 4.79 Å². The van der Waals surface area contributed by atoms with Gasteiger partial charge in [-0.2, -0.15) is 0 Å². The summed E-state index contributed by atoms with van der Waals surface area (Å²) in [6.45, 7) is 9.91. The molecular weight excluding hydrogens is 230 g/mol. The number of hydrogen-bond acceptors (Lipinski definition) is 3. The van der Waals surface area contributed by atoms with Gasteiger partial charge in [0.05, 0.1) is 12.5 Å². The maximum atomic E-state index is 10.7. The molecule has 1 atom stereocenters. The van der Waals surface area contributed by atoms with Crippen molar-refractivity contribution in [3.63, 3.8) is 0 Å². The van der Waals surface area contributed by atoms with Gasteiger partial charge < -0.3 is 15.1 Å². The van der Waals surface area contributed by atoms with E-state index in [-0.39, 0.29) is 18.5 Å². The van der Waals surface area contributed by atoms with Crippen LogP contribution in [0.15, 0.2) is 23.9 Å². The molecule has 0 spiro atoms. The summed E-state index contributed by atoms with van der Waals surface area (Å²) in [7, 11) is 0. The van der Waals surface area contributed by atoms with Gasteiger partial charge in [0.25, 0.3) is 0 Å². The lowest BCUT2D eigenvalue weighted by atomic mass is 10.1. The number of carbonyl (C=O) groups is 1. The second kappa shape index (κ2) is 7.93. The van der Waals surface area contributed by atoms with Crippen LogP contribution in [0.4, 0.5) is 0 Å². The molecule has 0 aliphatic rings. The molecule has 0 bridgehead atoms. The van der Waals surface area contributed by atoms with Crippen molar-refractivity contribution in [1.82, 2.24) is 4.90 Å². The van der Waals surface area contributed by atoms with Gasteiger partial charge in [0.15, 0.2) is 0 Å². The normalized spacial score (nSPS) is 14.6. The number of carboxylic acids is 1. The highest BCUT2D eigenvalue weighted by Crippen LogP contribution is 2.16. The fourth-order valence-corrected chi connectivity index (χ4v) is 1.88. The first-order chi connectivity index (χ1) is 8.25. The van der Waals surface area contributed by atoms with Crippen molar-refractivity contribution < 1.29 is 15.0 Å². The van der Waals surface area contributed by atoms with Crippen LogP contribution < -0.4 is 0 Å². The van der Waals surface area contributed by atoms with Crippen LogP contribution in [-0.4, -0.2) is 39.3 Å². The Labute approximate surface area is 110 Å². The minimum atomic E-state index is -0.856. The predicted molar refractivity (Wildman–Crippen MR) is 73.3 cm³/mol. The fraction of sp³-hybridized carbons (Fsp3) is 0.643. The van der Waals surface area contributed by atoms with Crippen LogP contribution in [0.1, 0.15) is 41.0 Å². The van der Waals surface area contributed by atoms with E-state index in [2.05, 4.69) is 32.6 Å². The minimum Gasteiger partial charge on any atom is -0.481 e. The van der Waals surface area contributed by atoms with Gasteiger partial charge >= 0.3 is 5.97 Å². The van der Waals surface area contributed by atoms with Gasteiger partial charge in [-0.1, -0.05) is 6.08 Å². The molecule has 104 valence electrons. The largest absolute Gasteiger partial charge is 0.481 e. The monoisotopic (exact) mass is 255 g/mol. The van der Waals surface area contributed by atoms with Gasteiger partial charge in [-0.15, -0.1) is 0 Å². The zero-order valence-corrected chi connectivity index (χ0v) is 11.9. The molecule has 4 nitrogen and oxygen atoms in total. The third kappa shape index (κ3) is 6.45. The third-order valence-corrected chi connectivity index (χ3v) is 2.44. The molecule has 0 amide bonds. The molecule has 0 aromatic rings. The summed E-state index contributed by atoms with van der Waals surface area (Å²) in [4.78, 5) is 12.8. The summed E-state index contributed by atoms with van der Waals surface area (Å²) in [6, 6.07) is 0.535. The smallest absolute Gasteiger partial charge is 0.307 e. The highest BCUT2D eigenvalue weighted by atomic mass is 16.4. The summed E-state index contributed by atoms with van der Waals surface area (Å²) in [6.07, 6.45) is 4.56. The lowest BCUT2D eigenvalue weighted by Gasteiger charge is -2.34. The Morgan fingerprint density at radius 1 is 1.17 bits per heavy atom. The number of nitrogens with zero attached hydrogens (tertiary/aromatic N) is 1. The van der Waals surface area contributed by atoms with Crippen LogP contribution in [0.2, 0.25) is 0 Å². The Balaban J connectivity index is 5.16. The number of allylic oxidation sites excluding steroid dienone is 1. The van der Waals surface area contributed by atoms with Crippen molar-refractivity contribution in [1.29, 1.82) is 0 Å². The molecule has 0 radical (unpaired) electrons. The first kappa shape index (κ1) is 16.7. The summed E-state index contributed by atoms with van der Waals surface area (Å²) in [5, 5.41) is 18.1. The number of aliphatic carboxylic acids is 1. The maximum absolute atomic E-state index is 10.7. The molecule has 0 aromatic heterocycles. The molecule has 18 heavy (non-hydrogen) atoms. The molecule has 4 heteroatoms. The van der Waals surface area contributed by atoms with Crippen LogP contribution >= 0.6 is 0 Å². The minimum absolute atomic E-state index is 0.0184. The van der Waals surface area contributed by atoms with E-state index < -0.39 is 12.1 Å². The van der Waals surface area contributed by atoms with Gasteiger partial charge in [0.2, 0.25) is 0 Å². The summed E-state index contributed by atoms with van der Waals surface area (Å²) in [5.41, 5.74) is 0.836. The molecule has 0 aliphatic carbocycles. The van der Waals surface area contributed by atoms with Crippen LogP contribution in [0.5, 0.6) is 0 Å². The summed E-state index contributed by atoms with van der Waals surface area (Å²) >= 11 is 0. The fourth-order valence-electron chi connectivity index (χ4n) is 1.88. The van der Waals surface area contributed by atoms with E-state index in [1.165, 1.54) is 0 Å². The van der Waals surface area contributed by atoms with E-state index in [0.29, 0.717) is 0 Å². The highest BCUT2D eigenvalue weighted by Gasteiger charge is 2.15. The van der Waals surface area contributed by atoms with Crippen molar-refractivity contribution in [2.45, 2.75) is 59.2 Å². The molecule has 0 saturated carbocycles. The van der Waals surface area contributed by atoms with E-state index >= 15 is 0 Å². The quantitative estimate of drug-likeness (QED) is 0.686. The first-order valence-corrected chi connectivity index (χ1v) is 6.32. The van der Waals surface area contributed by atoms with Gasteiger partial charge in [0.1, 0.15) is 0 Å². The van der Waals surface area contributed by atoms with E-state index in [1.807, 2.05) is 0 Å². The number of aliphatic hydroxyl groups is 1. The number of carboxylic acid groups (broad SMARTS) is 1. The van der Waals surface area contributed by atoms with Crippen molar-refractivity contribution in [2.24, 2.45) is 0 Å². The summed E-state index contributed by atoms with van der Waals surface area (Å²) in [5.74, 6) is -0.856. The Morgan fingerprint density at radius 3 is 2.00 bits per heavy atom. The van der Waals surface area contributed by atoms with Crippen molar-refractivity contribution in [2.75, 3.05) is 0 Å². The van der Waals surface area contributed by atoms with Crippen LogP contribution in [0, 0.1) is 0 Å². The zero-order chi connectivity index (χ0) is 14.3. The number of hydrogen-bond donors (Lipinski definition) is 2. The Kier molecular flexibility index (Phi) is 7.36. The molecule has 0 aromatic carbocycles. The van der Waals surface area contributed by atoms with E-state index in [4.69, 9.17) is 5.11 Å². The Hall–Kier alpha value is -1.29. The van der Waals surface area contributed by atoms with E-state index in [1.54, 1.807) is 25.2 Å². The van der Waals surface area contributed by atoms with Gasteiger partial charge in [-0.3, -0.25) is 4.79 Å². The first-order valence-electron chi connectivity index (χ1n) is 6.32. The standard InChI is InChI=1S/C14H25NO3/c1-10(2)15(11(3)4)13(7-6-12(5)16)8-9-14(17)18/h6-8,10-12,16H,9H2,1-5H3,(H,17,18)/b7-6-,13-8+. The Morgan fingerprint density at radius 2 is 1.67 bits per heavy atom. The van der Waals surface area contributed by atoms with Crippen molar-refractivity contribution in [3.05, 3.63) is 23.9 Å². The highest BCUT2D eigenvalue weighted by molar-refractivity contribution is 5.68. The number of aliphatic hydroxyl groups excluding tert-OH is 1. The zero-order valence-electron chi connectivity index (χ0n) is 11.9. The molecular formula is C14H25NO3. The SMILES string of the molecule is CC(O)/C=C\C(=C/CC(=O)O)N(C(C)C)C(C)C. The predicted octanol–water partition coefficient (Wildman–Crippen LogP) is 2.40. The molecule has 0 heterocycles. The van der Waals surface area contributed by atoms with Gasteiger partial charge in [-0.05, 0) is 46.8 Å². The van der Waals surface area contributed by atoms with Crippen LogP contribution in [0.25, 0.3) is 0 Å². The topological polar surface area (TPSA) is 60.8 Å². The average molecular weight is 255 g/mol. The number of rotatable bonds is 7. The third-order valence-electron chi connectivity index (χ3n) is 2.44. The van der Waals surface area contributed by atoms with E-state index in [0.717, 1.165) is 5.70 Å². The molecule has 0 rings (SSSR count). The summed E-state index contributed by atoms with van der Waals surface area (Å²) < 4.78 is 0. The van der Waals surface area contributed by atoms with Gasteiger partial charge in [0, 0.05) is 17.8 Å². The van der Waals surface area contributed by atoms with Gasteiger partial charge in [-0.25, -0.2) is 0 Å². The maximum Gasteiger partial charge on any atom is 0.307 e. The Bertz CT molecular complexity index is 309. The second-order valence-corrected chi connectivity index (χ2v) is 4.92. The van der Waals surface area contributed by atoms with Crippen molar-refractivity contribution in [3.8, 4) is 0 Å². The molecule has 0 saturated heterocycles. The van der Waals surface area contributed by atoms with Crippen molar-refractivity contribution >= 4 is 5.97 Å². The second-order valence-electron chi connectivity index (χ2n) is 4.92.